The number of thioether (sulfide) groups is 1. The average Bonchev–Trinajstić information content (AvgIpc) is 2.55. The SMILES string of the molecule is CCCc1nc(SC)ncc1C(=O)N[C@H](C)c1ccccc1. The zero-order chi connectivity index (χ0) is 15.9. The predicted octanol–water partition coefficient (Wildman–Crippen LogP) is 3.64. The van der Waals surface area contributed by atoms with Crippen LogP contribution in [-0.4, -0.2) is 22.1 Å². The minimum Gasteiger partial charge on any atom is -0.345 e. The van der Waals surface area contributed by atoms with Gasteiger partial charge in [0.25, 0.3) is 5.91 Å². The molecule has 2 rings (SSSR count). The summed E-state index contributed by atoms with van der Waals surface area (Å²) in [4.78, 5) is 21.2. The van der Waals surface area contributed by atoms with Crippen molar-refractivity contribution in [2.75, 3.05) is 6.26 Å². The second-order valence-corrected chi connectivity index (χ2v) is 5.85. The second-order valence-electron chi connectivity index (χ2n) is 5.07. The van der Waals surface area contributed by atoms with Crippen LogP contribution in [0.5, 0.6) is 0 Å². The molecule has 0 aliphatic heterocycles. The van der Waals surface area contributed by atoms with Crippen molar-refractivity contribution in [3.8, 4) is 0 Å². The predicted molar refractivity (Wildman–Crippen MR) is 90.1 cm³/mol. The summed E-state index contributed by atoms with van der Waals surface area (Å²) in [5.74, 6) is -0.118. The van der Waals surface area contributed by atoms with Crippen molar-refractivity contribution in [3.63, 3.8) is 0 Å². The van der Waals surface area contributed by atoms with Crippen LogP contribution in [0.2, 0.25) is 0 Å². The molecule has 0 saturated heterocycles. The molecular formula is C17H21N3OS. The molecule has 1 amide bonds. The molecule has 2 aromatic rings. The third-order valence-corrected chi connectivity index (χ3v) is 3.97. The summed E-state index contributed by atoms with van der Waals surface area (Å²) in [7, 11) is 0. The molecule has 0 unspecified atom stereocenters. The topological polar surface area (TPSA) is 54.9 Å². The van der Waals surface area contributed by atoms with Crippen LogP contribution in [0.1, 0.15) is 47.9 Å². The number of nitrogens with zero attached hydrogens (tertiary/aromatic N) is 2. The van der Waals surface area contributed by atoms with Crippen molar-refractivity contribution >= 4 is 17.7 Å². The van der Waals surface area contributed by atoms with Gasteiger partial charge in [-0.1, -0.05) is 55.4 Å². The second kappa shape index (κ2) is 7.94. The number of aryl methyl sites for hydroxylation is 1. The Morgan fingerprint density at radius 2 is 2.05 bits per heavy atom. The van der Waals surface area contributed by atoms with E-state index in [-0.39, 0.29) is 11.9 Å². The van der Waals surface area contributed by atoms with E-state index >= 15 is 0 Å². The minimum absolute atomic E-state index is 0.0524. The van der Waals surface area contributed by atoms with Crippen molar-refractivity contribution in [2.45, 2.75) is 37.9 Å². The van der Waals surface area contributed by atoms with Gasteiger partial charge in [-0.3, -0.25) is 4.79 Å². The Morgan fingerprint density at radius 1 is 1.32 bits per heavy atom. The lowest BCUT2D eigenvalue weighted by Gasteiger charge is -2.15. The molecule has 0 bridgehead atoms. The number of benzene rings is 1. The maximum Gasteiger partial charge on any atom is 0.255 e. The van der Waals surface area contributed by atoms with E-state index in [1.54, 1.807) is 6.20 Å². The van der Waals surface area contributed by atoms with E-state index in [1.165, 1.54) is 11.8 Å². The summed E-state index contributed by atoms with van der Waals surface area (Å²) in [6.45, 7) is 4.05. The molecule has 0 spiro atoms. The van der Waals surface area contributed by atoms with Gasteiger partial charge in [-0.25, -0.2) is 9.97 Å². The standard InChI is InChI=1S/C17H21N3OS/c1-4-8-15-14(11-18-17(20-15)22-3)16(21)19-12(2)13-9-6-5-7-10-13/h5-7,9-12H,4,8H2,1-3H3,(H,19,21)/t12-/m1/s1. The van der Waals surface area contributed by atoms with E-state index < -0.39 is 0 Å². The lowest BCUT2D eigenvalue weighted by atomic mass is 10.1. The number of hydrogen-bond donors (Lipinski definition) is 1. The van der Waals surface area contributed by atoms with E-state index in [1.807, 2.05) is 43.5 Å². The van der Waals surface area contributed by atoms with Gasteiger partial charge in [-0.15, -0.1) is 0 Å². The maximum atomic E-state index is 12.5. The van der Waals surface area contributed by atoms with Crippen LogP contribution < -0.4 is 5.32 Å². The summed E-state index contributed by atoms with van der Waals surface area (Å²) in [5, 5.41) is 3.73. The number of hydrogen-bond acceptors (Lipinski definition) is 4. The molecular weight excluding hydrogens is 294 g/mol. The van der Waals surface area contributed by atoms with Gasteiger partial charge in [0.15, 0.2) is 5.16 Å². The molecule has 0 aliphatic rings. The number of nitrogens with one attached hydrogen (secondary N) is 1. The molecule has 5 heteroatoms. The molecule has 1 aromatic carbocycles. The molecule has 0 aliphatic carbocycles. The fourth-order valence-corrected chi connectivity index (χ4v) is 2.57. The third kappa shape index (κ3) is 4.07. The molecule has 4 nitrogen and oxygen atoms in total. The number of carbonyl (C=O) groups is 1. The quantitative estimate of drug-likeness (QED) is 0.653. The highest BCUT2D eigenvalue weighted by molar-refractivity contribution is 7.98. The third-order valence-electron chi connectivity index (χ3n) is 3.41. The first kappa shape index (κ1) is 16.5. The first-order valence-corrected chi connectivity index (χ1v) is 8.63. The van der Waals surface area contributed by atoms with Crippen LogP contribution in [0.3, 0.4) is 0 Å². The molecule has 116 valence electrons. The lowest BCUT2D eigenvalue weighted by molar-refractivity contribution is 0.0938. The van der Waals surface area contributed by atoms with Crippen LogP contribution >= 0.6 is 11.8 Å². The fraction of sp³-hybridized carbons (Fsp3) is 0.353. The molecule has 0 saturated carbocycles. The largest absolute Gasteiger partial charge is 0.345 e. The summed E-state index contributed by atoms with van der Waals surface area (Å²) in [6.07, 6.45) is 5.29. The Bertz CT molecular complexity index is 631. The highest BCUT2D eigenvalue weighted by atomic mass is 32.2. The van der Waals surface area contributed by atoms with Gasteiger partial charge < -0.3 is 5.32 Å². The van der Waals surface area contributed by atoms with E-state index in [4.69, 9.17) is 0 Å². The Kier molecular flexibility index (Phi) is 5.95. The number of carbonyl (C=O) groups excluding carboxylic acids is 1. The summed E-state index contributed by atoms with van der Waals surface area (Å²) < 4.78 is 0. The van der Waals surface area contributed by atoms with Gasteiger partial charge in [-0.2, -0.15) is 0 Å². The number of rotatable bonds is 6. The van der Waals surface area contributed by atoms with Gasteiger partial charge in [0, 0.05) is 6.20 Å². The zero-order valence-corrected chi connectivity index (χ0v) is 14.0. The van der Waals surface area contributed by atoms with Crippen LogP contribution in [0, 0.1) is 0 Å². The summed E-state index contributed by atoms with van der Waals surface area (Å²) in [6, 6.07) is 9.86. The molecule has 0 radical (unpaired) electrons. The highest BCUT2D eigenvalue weighted by Crippen LogP contribution is 2.16. The molecule has 22 heavy (non-hydrogen) atoms. The van der Waals surface area contributed by atoms with Gasteiger partial charge in [-0.05, 0) is 25.2 Å². The van der Waals surface area contributed by atoms with Crippen molar-refractivity contribution in [1.82, 2.24) is 15.3 Å². The first-order chi connectivity index (χ1) is 10.7. The lowest BCUT2D eigenvalue weighted by Crippen LogP contribution is -2.28. The minimum atomic E-state index is -0.118. The van der Waals surface area contributed by atoms with Crippen LogP contribution in [0.15, 0.2) is 41.7 Å². The summed E-state index contributed by atoms with van der Waals surface area (Å²) in [5.41, 5.74) is 2.47. The molecule has 1 aromatic heterocycles. The first-order valence-electron chi connectivity index (χ1n) is 7.41. The van der Waals surface area contributed by atoms with Crippen LogP contribution in [0.4, 0.5) is 0 Å². The Morgan fingerprint density at radius 3 is 2.68 bits per heavy atom. The fourth-order valence-electron chi connectivity index (χ4n) is 2.21. The molecule has 0 fully saturated rings. The van der Waals surface area contributed by atoms with Gasteiger partial charge in [0.1, 0.15) is 0 Å². The van der Waals surface area contributed by atoms with Gasteiger partial charge >= 0.3 is 0 Å². The van der Waals surface area contributed by atoms with Crippen molar-refractivity contribution in [2.24, 2.45) is 0 Å². The van der Waals surface area contributed by atoms with Crippen molar-refractivity contribution < 1.29 is 4.79 Å². The Balaban J connectivity index is 2.18. The molecule has 1 heterocycles. The van der Waals surface area contributed by atoms with Gasteiger partial charge in [0.05, 0.1) is 17.3 Å². The van der Waals surface area contributed by atoms with Crippen molar-refractivity contribution in [1.29, 1.82) is 0 Å². The number of aromatic nitrogens is 2. The van der Waals surface area contributed by atoms with E-state index in [9.17, 15) is 4.79 Å². The zero-order valence-electron chi connectivity index (χ0n) is 13.2. The van der Waals surface area contributed by atoms with E-state index in [0.29, 0.717) is 10.7 Å². The van der Waals surface area contributed by atoms with E-state index in [0.717, 1.165) is 24.1 Å². The van der Waals surface area contributed by atoms with E-state index in [2.05, 4.69) is 22.2 Å². The maximum absolute atomic E-state index is 12.5. The summed E-state index contributed by atoms with van der Waals surface area (Å²) >= 11 is 1.49. The number of amides is 1. The molecule has 1 N–H and O–H groups in total. The van der Waals surface area contributed by atoms with Crippen LogP contribution in [-0.2, 0) is 6.42 Å². The highest BCUT2D eigenvalue weighted by Gasteiger charge is 2.16. The smallest absolute Gasteiger partial charge is 0.255 e. The normalized spacial score (nSPS) is 12.0. The Labute approximate surface area is 135 Å². The average molecular weight is 315 g/mol. The van der Waals surface area contributed by atoms with Gasteiger partial charge in [0.2, 0.25) is 0 Å². The van der Waals surface area contributed by atoms with Crippen molar-refractivity contribution in [3.05, 3.63) is 53.3 Å². The Hall–Kier alpha value is -1.88. The molecule has 1 atom stereocenters. The van der Waals surface area contributed by atoms with Crippen LogP contribution in [0.25, 0.3) is 0 Å². The monoisotopic (exact) mass is 315 g/mol.